The second-order valence-corrected chi connectivity index (χ2v) is 11.5. The Morgan fingerprint density at radius 1 is 1.12 bits per heavy atom. The van der Waals surface area contributed by atoms with E-state index in [1.54, 1.807) is 11.8 Å². The van der Waals surface area contributed by atoms with Gasteiger partial charge in [-0.15, -0.1) is 11.8 Å². The summed E-state index contributed by atoms with van der Waals surface area (Å²) in [6.07, 6.45) is 8.58. The van der Waals surface area contributed by atoms with Gasteiger partial charge >= 0.3 is 5.97 Å². The Balaban J connectivity index is 1.62. The summed E-state index contributed by atoms with van der Waals surface area (Å²) >= 11 is 1.52. The number of carbonyl (C=O) groups is 3. The molecule has 2 saturated heterocycles. The lowest BCUT2D eigenvalue weighted by Gasteiger charge is -2.39. The van der Waals surface area contributed by atoms with Gasteiger partial charge in [0.25, 0.3) is 0 Å². The number of carbonyl (C=O) groups excluding carboxylic acids is 3. The summed E-state index contributed by atoms with van der Waals surface area (Å²) in [6.45, 7) is 4.56. The van der Waals surface area contributed by atoms with Crippen LogP contribution in [0.5, 0.6) is 0 Å². The maximum absolute atomic E-state index is 14.1. The average Bonchev–Trinajstić information content (AvgIpc) is 3.15. The van der Waals surface area contributed by atoms with Crippen molar-refractivity contribution in [2.24, 2.45) is 11.8 Å². The summed E-state index contributed by atoms with van der Waals surface area (Å²) in [5.41, 5.74) is 1.00. The molecule has 1 N–H and O–H groups in total. The highest BCUT2D eigenvalue weighted by Crippen LogP contribution is 2.65. The molecule has 7 nitrogen and oxygen atoms in total. The first kappa shape index (κ1) is 23.2. The molecule has 0 bridgehead atoms. The number of nitrogens with zero attached hydrogens (tertiary/aromatic N) is 2. The number of ether oxygens (including phenoxy) is 1. The van der Waals surface area contributed by atoms with E-state index in [-0.39, 0.29) is 25.0 Å². The first-order chi connectivity index (χ1) is 16.3. The number of aliphatic hydroxyl groups excluding tert-OH is 1. The van der Waals surface area contributed by atoms with Crippen molar-refractivity contribution < 1.29 is 24.2 Å². The van der Waals surface area contributed by atoms with Crippen molar-refractivity contribution in [3.8, 4) is 0 Å². The van der Waals surface area contributed by atoms with Crippen LogP contribution in [0, 0.1) is 11.8 Å². The van der Waals surface area contributed by atoms with Crippen LogP contribution in [0.1, 0.15) is 25.8 Å². The summed E-state index contributed by atoms with van der Waals surface area (Å²) in [4.78, 5) is 44.6. The van der Waals surface area contributed by atoms with Crippen LogP contribution in [0.4, 0.5) is 0 Å². The third-order valence-corrected chi connectivity index (χ3v) is 9.29. The molecular weight excluding hydrogens is 452 g/mol. The molecule has 8 heteroatoms. The quantitative estimate of drug-likeness (QED) is 0.523. The number of aliphatic hydroxyl groups is 1. The number of esters is 1. The number of hydrogen-bond acceptors (Lipinski definition) is 6. The topological polar surface area (TPSA) is 87.2 Å². The molecule has 2 fully saturated rings. The Hall–Kier alpha value is -2.58. The normalized spacial score (nSPS) is 35.7. The number of rotatable bonds is 4. The largest absolute Gasteiger partial charge is 0.465 e. The molecule has 34 heavy (non-hydrogen) atoms. The Labute approximate surface area is 203 Å². The molecule has 0 saturated carbocycles. The van der Waals surface area contributed by atoms with Crippen LogP contribution < -0.4 is 0 Å². The Morgan fingerprint density at radius 3 is 2.62 bits per heavy atom. The van der Waals surface area contributed by atoms with Crippen molar-refractivity contribution in [2.45, 2.75) is 48.4 Å². The molecule has 6 atom stereocenters. The van der Waals surface area contributed by atoms with Gasteiger partial charge < -0.3 is 19.6 Å². The molecule has 4 aliphatic heterocycles. The molecular formula is C26H30N2O5S. The summed E-state index contributed by atoms with van der Waals surface area (Å²) in [5.74, 6) is -2.27. The monoisotopic (exact) mass is 482 g/mol. The second-order valence-electron chi connectivity index (χ2n) is 9.74. The number of fused-ring (bicyclic) bond motifs is 2. The molecule has 4 aliphatic rings. The van der Waals surface area contributed by atoms with Crippen molar-refractivity contribution >= 4 is 29.5 Å². The maximum atomic E-state index is 14.1. The fourth-order valence-electron chi connectivity index (χ4n) is 5.98. The van der Waals surface area contributed by atoms with Gasteiger partial charge in [0.15, 0.2) is 0 Å². The number of amides is 2. The summed E-state index contributed by atoms with van der Waals surface area (Å²) in [6, 6.07) is 8.39. The molecule has 1 spiro atoms. The lowest BCUT2D eigenvalue weighted by molar-refractivity contribution is -0.154. The van der Waals surface area contributed by atoms with Crippen LogP contribution in [0.2, 0.25) is 0 Å². The highest BCUT2D eigenvalue weighted by atomic mass is 32.2. The van der Waals surface area contributed by atoms with E-state index < -0.39 is 39.4 Å². The fourth-order valence-corrected chi connectivity index (χ4v) is 8.12. The van der Waals surface area contributed by atoms with E-state index in [2.05, 4.69) is 0 Å². The maximum Gasteiger partial charge on any atom is 0.311 e. The number of benzene rings is 1. The van der Waals surface area contributed by atoms with Gasteiger partial charge in [-0.05, 0) is 25.8 Å². The minimum atomic E-state index is -0.920. The van der Waals surface area contributed by atoms with Crippen LogP contribution in [0.25, 0.3) is 0 Å². The molecule has 2 amide bonds. The number of thioether (sulfide) groups is 1. The second kappa shape index (κ2) is 8.57. The zero-order valence-electron chi connectivity index (χ0n) is 19.4. The van der Waals surface area contributed by atoms with Crippen LogP contribution in [-0.2, 0) is 25.7 Å². The Bertz CT molecular complexity index is 1060. The van der Waals surface area contributed by atoms with Gasteiger partial charge in [-0.25, -0.2) is 0 Å². The molecule has 1 aromatic rings. The predicted octanol–water partition coefficient (Wildman–Crippen LogP) is 2.16. The third-order valence-electron chi connectivity index (χ3n) is 7.50. The Kier molecular flexibility index (Phi) is 5.84. The van der Waals surface area contributed by atoms with Gasteiger partial charge in [0.05, 0.1) is 35.8 Å². The minimum absolute atomic E-state index is 0.160. The average molecular weight is 483 g/mol. The smallest absolute Gasteiger partial charge is 0.311 e. The van der Waals surface area contributed by atoms with Gasteiger partial charge in [0.1, 0.15) is 6.04 Å². The van der Waals surface area contributed by atoms with E-state index in [9.17, 15) is 19.5 Å². The van der Waals surface area contributed by atoms with Crippen molar-refractivity contribution in [2.75, 3.05) is 19.8 Å². The van der Waals surface area contributed by atoms with Gasteiger partial charge in [-0.3, -0.25) is 14.4 Å². The van der Waals surface area contributed by atoms with Gasteiger partial charge in [0, 0.05) is 17.8 Å². The molecule has 1 unspecified atom stereocenters. The van der Waals surface area contributed by atoms with E-state index >= 15 is 0 Å². The summed E-state index contributed by atoms with van der Waals surface area (Å²) in [5, 5.41) is 9.99. The van der Waals surface area contributed by atoms with Crippen LogP contribution in [0.15, 0.2) is 54.6 Å². The molecule has 0 aromatic heterocycles. The standard InChI is InChI=1S/C26H30N2O5S/c1-17(16-29)28-21-23(31)27(15-18-9-4-3-5-10-18)13-8-12-26(21)19(22(28)30)20-24(32)33-14-7-6-11-25(20,2)34-26/h3-6,8-12,17,19-21,29H,7,13-16H2,1-2H3/t17-,19+,20-,21?,25+,26+/m1/s1. The summed E-state index contributed by atoms with van der Waals surface area (Å²) in [7, 11) is 0. The highest BCUT2D eigenvalue weighted by Gasteiger charge is 2.74. The Morgan fingerprint density at radius 2 is 1.88 bits per heavy atom. The third kappa shape index (κ3) is 3.41. The van der Waals surface area contributed by atoms with Crippen LogP contribution >= 0.6 is 11.8 Å². The van der Waals surface area contributed by atoms with Crippen molar-refractivity contribution in [1.29, 1.82) is 0 Å². The zero-order valence-corrected chi connectivity index (χ0v) is 20.2. The molecule has 180 valence electrons. The van der Waals surface area contributed by atoms with Gasteiger partial charge in [-0.1, -0.05) is 54.6 Å². The zero-order chi connectivity index (χ0) is 24.1. The van der Waals surface area contributed by atoms with Gasteiger partial charge in [-0.2, -0.15) is 0 Å². The van der Waals surface area contributed by atoms with E-state index in [1.807, 2.05) is 61.6 Å². The lowest BCUT2D eigenvalue weighted by atomic mass is 9.74. The number of cyclic esters (lactones) is 1. The lowest BCUT2D eigenvalue weighted by Crippen LogP contribution is -2.56. The van der Waals surface area contributed by atoms with E-state index in [0.717, 1.165) is 5.56 Å². The van der Waals surface area contributed by atoms with E-state index in [0.29, 0.717) is 19.5 Å². The van der Waals surface area contributed by atoms with Crippen molar-refractivity contribution in [3.63, 3.8) is 0 Å². The van der Waals surface area contributed by atoms with Gasteiger partial charge in [0.2, 0.25) is 11.8 Å². The fraction of sp³-hybridized carbons (Fsp3) is 0.500. The molecule has 1 aromatic carbocycles. The van der Waals surface area contributed by atoms with Crippen LogP contribution in [-0.4, -0.2) is 74.0 Å². The SMILES string of the molecule is C[C@H](CO)N1C(=O)[C@@H]2[C@@H]3C(=O)OCCC=C[C@]3(C)S[C@@]23C=CCN(Cc2ccccc2)C(=O)C13. The first-order valence-electron chi connectivity index (χ1n) is 11.8. The minimum Gasteiger partial charge on any atom is -0.465 e. The van der Waals surface area contributed by atoms with E-state index in [1.165, 1.54) is 16.7 Å². The predicted molar refractivity (Wildman–Crippen MR) is 129 cm³/mol. The van der Waals surface area contributed by atoms with Crippen LogP contribution in [0.3, 0.4) is 0 Å². The molecule has 5 rings (SSSR count). The van der Waals surface area contributed by atoms with Crippen molar-refractivity contribution in [3.05, 3.63) is 60.2 Å². The summed E-state index contributed by atoms with van der Waals surface area (Å²) < 4.78 is 3.93. The molecule has 4 heterocycles. The highest BCUT2D eigenvalue weighted by molar-refractivity contribution is 8.02. The van der Waals surface area contributed by atoms with Crippen molar-refractivity contribution in [1.82, 2.24) is 9.80 Å². The molecule has 0 aliphatic carbocycles. The number of hydrogen-bond donors (Lipinski definition) is 1. The first-order valence-corrected chi connectivity index (χ1v) is 12.6. The number of likely N-dealkylation sites (tertiary alicyclic amines) is 1. The van der Waals surface area contributed by atoms with E-state index in [4.69, 9.17) is 4.74 Å². The molecule has 0 radical (unpaired) electrons.